The van der Waals surface area contributed by atoms with Crippen molar-refractivity contribution in [3.8, 4) is 0 Å². The fourth-order valence-corrected chi connectivity index (χ4v) is 1.16. The minimum absolute atomic E-state index is 0.209. The van der Waals surface area contributed by atoms with Crippen LogP contribution in [0.5, 0.6) is 0 Å². The van der Waals surface area contributed by atoms with Crippen molar-refractivity contribution in [3.05, 3.63) is 40.3 Å². The summed E-state index contributed by atoms with van der Waals surface area (Å²) in [6.07, 6.45) is 0. The standard InChI is InChI=1S/C10H10N4O2/c1-7(15)13-9-4-2-3-8(5-9)10(16)6-12-14-11/h2-5H,6H2,1H3,(H,13,15). The molecule has 6 heteroatoms. The van der Waals surface area contributed by atoms with Gasteiger partial charge in [0, 0.05) is 23.1 Å². The molecule has 0 spiro atoms. The molecule has 1 N–H and O–H groups in total. The van der Waals surface area contributed by atoms with E-state index < -0.39 is 0 Å². The van der Waals surface area contributed by atoms with E-state index >= 15 is 0 Å². The monoisotopic (exact) mass is 218 g/mol. The third-order valence-electron chi connectivity index (χ3n) is 1.78. The number of amides is 1. The van der Waals surface area contributed by atoms with E-state index in [9.17, 15) is 9.59 Å². The molecule has 6 nitrogen and oxygen atoms in total. The number of rotatable bonds is 4. The van der Waals surface area contributed by atoms with Gasteiger partial charge in [0.25, 0.3) is 0 Å². The zero-order valence-corrected chi connectivity index (χ0v) is 8.67. The molecule has 1 aromatic rings. The summed E-state index contributed by atoms with van der Waals surface area (Å²) < 4.78 is 0. The van der Waals surface area contributed by atoms with E-state index in [4.69, 9.17) is 5.53 Å². The Morgan fingerprint density at radius 1 is 1.50 bits per heavy atom. The van der Waals surface area contributed by atoms with Crippen LogP contribution in [0.4, 0.5) is 5.69 Å². The number of Topliss-reactive ketones (excluding diaryl/α,β-unsaturated/α-hetero) is 1. The Kier molecular flexibility index (Phi) is 4.06. The lowest BCUT2D eigenvalue weighted by molar-refractivity contribution is -0.114. The summed E-state index contributed by atoms with van der Waals surface area (Å²) in [6, 6.07) is 6.46. The molecule has 0 fully saturated rings. The topological polar surface area (TPSA) is 94.9 Å². The molecule has 1 aromatic carbocycles. The van der Waals surface area contributed by atoms with Crippen LogP contribution in [0.15, 0.2) is 29.4 Å². The van der Waals surface area contributed by atoms with Crippen LogP contribution in [0.1, 0.15) is 17.3 Å². The van der Waals surface area contributed by atoms with Crippen LogP contribution in [-0.2, 0) is 4.79 Å². The average molecular weight is 218 g/mol. The summed E-state index contributed by atoms with van der Waals surface area (Å²) in [5.41, 5.74) is 9.03. The highest BCUT2D eigenvalue weighted by molar-refractivity contribution is 5.99. The summed E-state index contributed by atoms with van der Waals surface area (Å²) in [5.74, 6) is -0.496. The molecule has 1 rings (SSSR count). The number of ketones is 1. The molecule has 0 unspecified atom stereocenters. The van der Waals surface area contributed by atoms with Crippen LogP contribution < -0.4 is 5.32 Å². The number of anilines is 1. The maximum atomic E-state index is 11.5. The van der Waals surface area contributed by atoms with Crippen molar-refractivity contribution in [1.82, 2.24) is 0 Å². The van der Waals surface area contributed by atoms with E-state index in [1.54, 1.807) is 18.2 Å². The van der Waals surface area contributed by atoms with Crippen molar-refractivity contribution in [1.29, 1.82) is 0 Å². The zero-order valence-electron chi connectivity index (χ0n) is 8.67. The summed E-state index contributed by atoms with van der Waals surface area (Å²) in [7, 11) is 0. The first-order valence-corrected chi connectivity index (χ1v) is 4.55. The second-order valence-corrected chi connectivity index (χ2v) is 3.07. The van der Waals surface area contributed by atoms with Gasteiger partial charge in [0.15, 0.2) is 5.78 Å². The molecular weight excluding hydrogens is 208 g/mol. The second kappa shape index (κ2) is 5.53. The molecule has 0 aliphatic heterocycles. The number of nitrogens with one attached hydrogen (secondary N) is 1. The largest absolute Gasteiger partial charge is 0.326 e. The van der Waals surface area contributed by atoms with Crippen LogP contribution in [0.3, 0.4) is 0 Å². The number of hydrogen-bond acceptors (Lipinski definition) is 3. The fourth-order valence-electron chi connectivity index (χ4n) is 1.16. The number of carbonyl (C=O) groups excluding carboxylic acids is 2. The number of hydrogen-bond donors (Lipinski definition) is 1. The van der Waals surface area contributed by atoms with E-state index in [2.05, 4.69) is 15.3 Å². The molecule has 0 heterocycles. The maximum Gasteiger partial charge on any atom is 0.221 e. The van der Waals surface area contributed by atoms with E-state index in [0.717, 1.165) is 0 Å². The molecule has 0 aliphatic carbocycles. The molecule has 0 saturated heterocycles. The van der Waals surface area contributed by atoms with Crippen molar-refractivity contribution in [2.24, 2.45) is 5.11 Å². The first-order valence-electron chi connectivity index (χ1n) is 4.55. The second-order valence-electron chi connectivity index (χ2n) is 3.07. The summed E-state index contributed by atoms with van der Waals surface area (Å²) in [6.45, 7) is 1.16. The Morgan fingerprint density at radius 2 is 2.25 bits per heavy atom. The normalized spacial score (nSPS) is 9.06. The minimum Gasteiger partial charge on any atom is -0.326 e. The molecule has 1 amide bonds. The van der Waals surface area contributed by atoms with Gasteiger partial charge in [-0.05, 0) is 17.7 Å². The molecule has 0 bridgehead atoms. The van der Waals surface area contributed by atoms with Gasteiger partial charge in [-0.25, -0.2) is 0 Å². The van der Waals surface area contributed by atoms with Gasteiger partial charge >= 0.3 is 0 Å². The van der Waals surface area contributed by atoms with Crippen molar-refractivity contribution < 1.29 is 9.59 Å². The lowest BCUT2D eigenvalue weighted by Crippen LogP contribution is -2.08. The van der Waals surface area contributed by atoms with Crippen molar-refractivity contribution in [2.45, 2.75) is 6.92 Å². The average Bonchev–Trinajstić information content (AvgIpc) is 2.25. The summed E-state index contributed by atoms with van der Waals surface area (Å²) in [4.78, 5) is 24.8. The Morgan fingerprint density at radius 3 is 2.88 bits per heavy atom. The lowest BCUT2D eigenvalue weighted by Gasteiger charge is -2.03. The number of nitrogens with zero attached hydrogens (tertiary/aromatic N) is 3. The SMILES string of the molecule is CC(=O)Nc1cccc(C(=O)CN=[N+]=[N-])c1. The predicted molar refractivity (Wildman–Crippen MR) is 59.1 cm³/mol. The fraction of sp³-hybridized carbons (Fsp3) is 0.200. The van der Waals surface area contributed by atoms with Gasteiger partial charge in [0.05, 0.1) is 6.54 Å². The van der Waals surface area contributed by atoms with E-state index in [1.807, 2.05) is 0 Å². The number of carbonyl (C=O) groups is 2. The highest BCUT2D eigenvalue weighted by Crippen LogP contribution is 2.11. The maximum absolute atomic E-state index is 11.5. The Bertz CT molecular complexity index is 464. The third-order valence-corrected chi connectivity index (χ3v) is 1.78. The molecule has 0 atom stereocenters. The molecule has 0 aromatic heterocycles. The van der Waals surface area contributed by atoms with Crippen LogP contribution in [0, 0.1) is 0 Å². The van der Waals surface area contributed by atoms with Crippen LogP contribution in [0.2, 0.25) is 0 Å². The van der Waals surface area contributed by atoms with Crippen molar-refractivity contribution >= 4 is 17.4 Å². The molecule has 0 aliphatic rings. The van der Waals surface area contributed by atoms with Gasteiger partial charge in [0.2, 0.25) is 5.91 Å². The van der Waals surface area contributed by atoms with E-state index in [1.165, 1.54) is 13.0 Å². The summed E-state index contributed by atoms with van der Waals surface area (Å²) in [5, 5.41) is 5.74. The smallest absolute Gasteiger partial charge is 0.221 e. The van der Waals surface area contributed by atoms with Gasteiger partial charge in [-0.2, -0.15) is 0 Å². The van der Waals surface area contributed by atoms with E-state index in [-0.39, 0.29) is 18.2 Å². The van der Waals surface area contributed by atoms with Crippen LogP contribution in [0.25, 0.3) is 10.4 Å². The molecular formula is C10H10N4O2. The molecule has 82 valence electrons. The predicted octanol–water partition coefficient (Wildman–Crippen LogP) is 2.14. The van der Waals surface area contributed by atoms with Gasteiger partial charge in [-0.1, -0.05) is 17.2 Å². The summed E-state index contributed by atoms with van der Waals surface area (Å²) >= 11 is 0. The van der Waals surface area contributed by atoms with Crippen molar-refractivity contribution in [2.75, 3.05) is 11.9 Å². The molecule has 0 radical (unpaired) electrons. The number of benzene rings is 1. The molecule has 0 saturated carbocycles. The highest BCUT2D eigenvalue weighted by atomic mass is 16.1. The lowest BCUT2D eigenvalue weighted by atomic mass is 10.1. The van der Waals surface area contributed by atoms with Crippen LogP contribution >= 0.6 is 0 Å². The zero-order chi connectivity index (χ0) is 12.0. The van der Waals surface area contributed by atoms with Gasteiger partial charge in [-0.3, -0.25) is 9.59 Å². The van der Waals surface area contributed by atoms with Gasteiger partial charge < -0.3 is 5.32 Å². The molecule has 16 heavy (non-hydrogen) atoms. The third kappa shape index (κ3) is 3.43. The first kappa shape index (κ1) is 11.7. The Balaban J connectivity index is 2.85. The van der Waals surface area contributed by atoms with Crippen LogP contribution in [-0.4, -0.2) is 18.2 Å². The highest BCUT2D eigenvalue weighted by Gasteiger charge is 2.05. The minimum atomic E-state index is -0.287. The van der Waals surface area contributed by atoms with E-state index in [0.29, 0.717) is 11.3 Å². The quantitative estimate of drug-likeness (QED) is 0.362. The Labute approximate surface area is 91.9 Å². The van der Waals surface area contributed by atoms with Gasteiger partial charge in [0.1, 0.15) is 0 Å². The Hall–Kier alpha value is -2.33. The first-order chi connectivity index (χ1) is 7.63. The van der Waals surface area contributed by atoms with Crippen molar-refractivity contribution in [3.63, 3.8) is 0 Å². The van der Waals surface area contributed by atoms with Gasteiger partial charge in [-0.15, -0.1) is 0 Å². The number of azide groups is 1.